The van der Waals surface area contributed by atoms with Crippen molar-refractivity contribution in [2.45, 2.75) is 46.0 Å². The van der Waals surface area contributed by atoms with Crippen LogP contribution in [0.25, 0.3) is 0 Å². The average molecular weight is 292 g/mol. The molecular weight excluding hydrogens is 264 g/mol. The van der Waals surface area contributed by atoms with E-state index in [9.17, 15) is 0 Å². The van der Waals surface area contributed by atoms with Gasteiger partial charge in [0.15, 0.2) is 0 Å². The Bertz CT molecular complexity index is 470. The summed E-state index contributed by atoms with van der Waals surface area (Å²) in [5, 5.41) is 12.4. The fraction of sp³-hybridized carbons (Fsp3) is 0.750. The first kappa shape index (κ1) is 16.0. The van der Waals surface area contributed by atoms with Gasteiger partial charge in [0.05, 0.1) is 0 Å². The maximum Gasteiger partial charge on any atom is 0.138 e. The van der Waals surface area contributed by atoms with Crippen molar-refractivity contribution in [3.8, 4) is 0 Å². The lowest BCUT2D eigenvalue weighted by molar-refractivity contribution is 0.263. The van der Waals surface area contributed by atoms with Crippen LogP contribution in [0.15, 0.2) is 6.07 Å². The van der Waals surface area contributed by atoms with Crippen molar-refractivity contribution in [2.75, 3.05) is 36.5 Å². The van der Waals surface area contributed by atoms with E-state index in [2.05, 4.69) is 42.9 Å². The standard InChI is InChI=1S/C16H28N4O/c1-5-17-13-10-14(19-15(18-13)16(2,3)4)20-8-6-12(11-20)7-9-21/h10,12,21H,5-9,11H2,1-4H3,(H,17,18,19). The van der Waals surface area contributed by atoms with Gasteiger partial charge in [0.2, 0.25) is 0 Å². The molecule has 1 unspecified atom stereocenters. The Morgan fingerprint density at radius 3 is 2.76 bits per heavy atom. The minimum Gasteiger partial charge on any atom is -0.396 e. The van der Waals surface area contributed by atoms with E-state index in [0.717, 1.165) is 49.9 Å². The highest BCUT2D eigenvalue weighted by molar-refractivity contribution is 5.50. The van der Waals surface area contributed by atoms with Gasteiger partial charge in [0, 0.05) is 37.7 Å². The zero-order valence-corrected chi connectivity index (χ0v) is 13.7. The second-order valence-corrected chi connectivity index (χ2v) is 6.83. The van der Waals surface area contributed by atoms with Crippen molar-refractivity contribution in [1.29, 1.82) is 0 Å². The van der Waals surface area contributed by atoms with Gasteiger partial charge in [-0.15, -0.1) is 0 Å². The first-order chi connectivity index (χ1) is 9.94. The smallest absolute Gasteiger partial charge is 0.138 e. The Hall–Kier alpha value is -1.36. The molecule has 2 N–H and O–H groups in total. The van der Waals surface area contributed by atoms with Crippen molar-refractivity contribution in [3.05, 3.63) is 11.9 Å². The number of aliphatic hydroxyl groups is 1. The second kappa shape index (κ2) is 6.60. The number of hydrogen-bond donors (Lipinski definition) is 2. The quantitative estimate of drug-likeness (QED) is 0.872. The molecule has 0 aliphatic carbocycles. The summed E-state index contributed by atoms with van der Waals surface area (Å²) in [4.78, 5) is 11.7. The molecule has 1 aromatic heterocycles. The van der Waals surface area contributed by atoms with Crippen molar-refractivity contribution < 1.29 is 5.11 Å². The number of nitrogens with one attached hydrogen (secondary N) is 1. The Morgan fingerprint density at radius 2 is 2.14 bits per heavy atom. The van der Waals surface area contributed by atoms with E-state index >= 15 is 0 Å². The zero-order chi connectivity index (χ0) is 15.5. The van der Waals surface area contributed by atoms with Crippen LogP contribution in [0.3, 0.4) is 0 Å². The highest BCUT2D eigenvalue weighted by Gasteiger charge is 2.26. The van der Waals surface area contributed by atoms with Gasteiger partial charge in [-0.1, -0.05) is 20.8 Å². The van der Waals surface area contributed by atoms with Crippen LogP contribution in [0, 0.1) is 5.92 Å². The van der Waals surface area contributed by atoms with Gasteiger partial charge in [0.25, 0.3) is 0 Å². The van der Waals surface area contributed by atoms with Crippen LogP contribution in [-0.4, -0.2) is 41.3 Å². The lowest BCUT2D eigenvalue weighted by Gasteiger charge is -2.23. The molecule has 21 heavy (non-hydrogen) atoms. The lowest BCUT2D eigenvalue weighted by Crippen LogP contribution is -2.25. The van der Waals surface area contributed by atoms with Crippen LogP contribution in [0.5, 0.6) is 0 Å². The van der Waals surface area contributed by atoms with E-state index in [4.69, 9.17) is 10.1 Å². The molecule has 5 nitrogen and oxygen atoms in total. The van der Waals surface area contributed by atoms with Crippen molar-refractivity contribution in [3.63, 3.8) is 0 Å². The minimum atomic E-state index is -0.0651. The molecule has 1 atom stereocenters. The van der Waals surface area contributed by atoms with Crippen LogP contribution in [0.4, 0.5) is 11.6 Å². The molecule has 1 aliphatic rings. The summed E-state index contributed by atoms with van der Waals surface area (Å²) < 4.78 is 0. The molecule has 1 aliphatic heterocycles. The second-order valence-electron chi connectivity index (χ2n) is 6.83. The summed E-state index contributed by atoms with van der Waals surface area (Å²) in [7, 11) is 0. The van der Waals surface area contributed by atoms with Gasteiger partial charge in [0.1, 0.15) is 17.5 Å². The molecule has 1 fully saturated rings. The number of nitrogens with zero attached hydrogens (tertiary/aromatic N) is 3. The Morgan fingerprint density at radius 1 is 1.38 bits per heavy atom. The molecule has 1 saturated heterocycles. The molecule has 0 radical (unpaired) electrons. The topological polar surface area (TPSA) is 61.3 Å². The molecule has 0 bridgehead atoms. The Labute approximate surface area is 127 Å². The first-order valence-corrected chi connectivity index (χ1v) is 7.93. The third kappa shape index (κ3) is 4.06. The third-order valence-corrected chi connectivity index (χ3v) is 3.89. The van der Waals surface area contributed by atoms with Crippen LogP contribution in [-0.2, 0) is 5.41 Å². The van der Waals surface area contributed by atoms with Crippen LogP contribution in [0.1, 0.15) is 46.4 Å². The van der Waals surface area contributed by atoms with Crippen LogP contribution < -0.4 is 10.2 Å². The van der Waals surface area contributed by atoms with Crippen molar-refractivity contribution in [2.24, 2.45) is 5.92 Å². The average Bonchev–Trinajstić information content (AvgIpc) is 2.87. The fourth-order valence-corrected chi connectivity index (χ4v) is 2.66. The predicted molar refractivity (Wildman–Crippen MR) is 86.9 cm³/mol. The SMILES string of the molecule is CCNc1cc(N2CCC(CCO)C2)nc(C(C)(C)C)n1. The number of hydrogen-bond acceptors (Lipinski definition) is 5. The maximum absolute atomic E-state index is 9.09. The minimum absolute atomic E-state index is 0.0651. The Kier molecular flexibility index (Phi) is 5.04. The summed E-state index contributed by atoms with van der Waals surface area (Å²) >= 11 is 0. The van der Waals surface area contributed by atoms with Gasteiger partial charge in [-0.3, -0.25) is 0 Å². The van der Waals surface area contributed by atoms with E-state index in [1.165, 1.54) is 0 Å². The molecule has 2 heterocycles. The van der Waals surface area contributed by atoms with Gasteiger partial charge in [-0.2, -0.15) is 0 Å². The van der Waals surface area contributed by atoms with Gasteiger partial charge in [-0.25, -0.2) is 9.97 Å². The molecule has 0 saturated carbocycles. The number of rotatable bonds is 5. The van der Waals surface area contributed by atoms with E-state index in [0.29, 0.717) is 5.92 Å². The van der Waals surface area contributed by atoms with Crippen molar-refractivity contribution >= 4 is 11.6 Å². The first-order valence-electron chi connectivity index (χ1n) is 7.93. The molecule has 118 valence electrons. The molecule has 0 spiro atoms. The predicted octanol–water partition coefficient (Wildman–Crippen LogP) is 2.41. The molecular formula is C16H28N4O. The maximum atomic E-state index is 9.09. The van der Waals surface area contributed by atoms with E-state index in [1.54, 1.807) is 0 Å². The lowest BCUT2D eigenvalue weighted by atomic mass is 9.96. The molecule has 2 rings (SSSR count). The number of aliphatic hydroxyl groups excluding tert-OH is 1. The summed E-state index contributed by atoms with van der Waals surface area (Å²) in [6.45, 7) is 11.6. The summed E-state index contributed by atoms with van der Waals surface area (Å²) in [6.07, 6.45) is 2.01. The molecule has 0 amide bonds. The summed E-state index contributed by atoms with van der Waals surface area (Å²) in [5.41, 5.74) is -0.0651. The monoisotopic (exact) mass is 292 g/mol. The zero-order valence-electron chi connectivity index (χ0n) is 13.7. The molecule has 1 aromatic rings. The van der Waals surface area contributed by atoms with Crippen molar-refractivity contribution in [1.82, 2.24) is 9.97 Å². The molecule has 0 aromatic carbocycles. The molecule has 5 heteroatoms. The van der Waals surface area contributed by atoms with Crippen LogP contribution >= 0.6 is 0 Å². The highest BCUT2D eigenvalue weighted by Crippen LogP contribution is 2.28. The van der Waals surface area contributed by atoms with Gasteiger partial charge >= 0.3 is 0 Å². The van der Waals surface area contributed by atoms with Gasteiger partial charge < -0.3 is 15.3 Å². The fourth-order valence-electron chi connectivity index (χ4n) is 2.66. The van der Waals surface area contributed by atoms with E-state index < -0.39 is 0 Å². The highest BCUT2D eigenvalue weighted by atomic mass is 16.3. The summed E-state index contributed by atoms with van der Waals surface area (Å²) in [5.74, 6) is 3.36. The largest absolute Gasteiger partial charge is 0.396 e. The third-order valence-electron chi connectivity index (χ3n) is 3.89. The Balaban J connectivity index is 2.24. The van der Waals surface area contributed by atoms with E-state index in [1.807, 2.05) is 6.07 Å². The number of aromatic nitrogens is 2. The summed E-state index contributed by atoms with van der Waals surface area (Å²) in [6, 6.07) is 2.04. The van der Waals surface area contributed by atoms with Crippen LogP contribution in [0.2, 0.25) is 0 Å². The van der Waals surface area contributed by atoms with Gasteiger partial charge in [-0.05, 0) is 25.7 Å². The normalized spacial score (nSPS) is 19.1. The number of anilines is 2. The van der Waals surface area contributed by atoms with E-state index in [-0.39, 0.29) is 12.0 Å².